The zero-order chi connectivity index (χ0) is 19.4. The van der Waals surface area contributed by atoms with Gasteiger partial charge in [0, 0.05) is 23.8 Å². The fourth-order valence-corrected chi connectivity index (χ4v) is 2.87. The highest BCUT2D eigenvalue weighted by Gasteiger charge is 2.08. The van der Waals surface area contributed by atoms with Crippen molar-refractivity contribution in [2.45, 2.75) is 27.0 Å². The van der Waals surface area contributed by atoms with Crippen molar-refractivity contribution in [1.29, 1.82) is 0 Å². The number of aromatic nitrogens is 2. The van der Waals surface area contributed by atoms with Gasteiger partial charge in [-0.05, 0) is 60.9 Å². The summed E-state index contributed by atoms with van der Waals surface area (Å²) in [7, 11) is 1.85. The maximum atomic E-state index is 12.3. The quantitative estimate of drug-likeness (QED) is 0.694. The highest BCUT2D eigenvalue weighted by molar-refractivity contribution is 6.32. The number of amides is 1. The normalized spacial score (nSPS) is 10.7. The highest BCUT2D eigenvalue weighted by Crippen LogP contribution is 2.26. The van der Waals surface area contributed by atoms with Crippen LogP contribution in [0, 0.1) is 13.8 Å². The van der Waals surface area contributed by atoms with Gasteiger partial charge in [-0.25, -0.2) is 0 Å². The van der Waals surface area contributed by atoms with E-state index in [4.69, 9.17) is 16.3 Å². The molecule has 27 heavy (non-hydrogen) atoms. The Bertz CT molecular complexity index is 925. The molecule has 5 nitrogen and oxygen atoms in total. The largest absolute Gasteiger partial charge is 0.489 e. The lowest BCUT2D eigenvalue weighted by Gasteiger charge is -2.11. The number of ether oxygens (including phenoxy) is 1. The molecular weight excluding hydrogens is 362 g/mol. The second kappa shape index (κ2) is 8.27. The fraction of sp³-hybridized carbons (Fsp3) is 0.238. The maximum absolute atomic E-state index is 12.3. The van der Waals surface area contributed by atoms with E-state index in [0.29, 0.717) is 18.7 Å². The van der Waals surface area contributed by atoms with Crippen molar-refractivity contribution >= 4 is 17.5 Å². The third-order valence-electron chi connectivity index (χ3n) is 4.38. The van der Waals surface area contributed by atoms with Gasteiger partial charge < -0.3 is 10.1 Å². The number of hydrogen-bond acceptors (Lipinski definition) is 3. The topological polar surface area (TPSA) is 56.1 Å². The summed E-state index contributed by atoms with van der Waals surface area (Å²) in [5, 5.41) is 7.75. The van der Waals surface area contributed by atoms with Crippen molar-refractivity contribution in [1.82, 2.24) is 15.1 Å². The number of carbonyl (C=O) groups is 1. The van der Waals surface area contributed by atoms with E-state index in [1.807, 2.05) is 51.2 Å². The van der Waals surface area contributed by atoms with E-state index < -0.39 is 0 Å². The Kier molecular flexibility index (Phi) is 5.81. The average molecular weight is 384 g/mol. The number of benzene rings is 2. The molecule has 0 saturated heterocycles. The third kappa shape index (κ3) is 4.68. The first kappa shape index (κ1) is 19.0. The minimum Gasteiger partial charge on any atom is -0.489 e. The van der Waals surface area contributed by atoms with Crippen LogP contribution in [-0.4, -0.2) is 15.7 Å². The van der Waals surface area contributed by atoms with Crippen LogP contribution in [0.5, 0.6) is 5.75 Å². The summed E-state index contributed by atoms with van der Waals surface area (Å²) in [6.07, 6.45) is 1.71. The second-order valence-corrected chi connectivity index (χ2v) is 6.86. The molecule has 0 aliphatic carbocycles. The van der Waals surface area contributed by atoms with Gasteiger partial charge in [0.1, 0.15) is 12.4 Å². The van der Waals surface area contributed by atoms with Gasteiger partial charge in [0.25, 0.3) is 5.91 Å². The van der Waals surface area contributed by atoms with E-state index in [-0.39, 0.29) is 5.91 Å². The molecule has 0 spiro atoms. The summed E-state index contributed by atoms with van der Waals surface area (Å²) < 4.78 is 7.59. The number of carbonyl (C=O) groups excluding carboxylic acids is 1. The van der Waals surface area contributed by atoms with Gasteiger partial charge >= 0.3 is 0 Å². The Morgan fingerprint density at radius 1 is 1.15 bits per heavy atom. The van der Waals surface area contributed by atoms with Crippen molar-refractivity contribution in [3.8, 4) is 5.75 Å². The molecule has 0 saturated carbocycles. The molecular formula is C21H22ClN3O2. The minimum atomic E-state index is -0.118. The van der Waals surface area contributed by atoms with Gasteiger partial charge in [0.05, 0.1) is 12.2 Å². The van der Waals surface area contributed by atoms with E-state index in [1.165, 1.54) is 0 Å². The van der Waals surface area contributed by atoms with Gasteiger partial charge in [0.2, 0.25) is 0 Å². The van der Waals surface area contributed by atoms with E-state index in [9.17, 15) is 4.79 Å². The summed E-state index contributed by atoms with van der Waals surface area (Å²) in [6, 6.07) is 13.1. The molecule has 1 amide bonds. The molecule has 140 valence electrons. The number of nitrogens with one attached hydrogen (secondary N) is 1. The van der Waals surface area contributed by atoms with Gasteiger partial charge in [-0.2, -0.15) is 5.10 Å². The van der Waals surface area contributed by atoms with Crippen molar-refractivity contribution in [3.05, 3.63) is 81.6 Å². The molecule has 0 aliphatic heterocycles. The first-order chi connectivity index (χ1) is 12.9. The smallest absolute Gasteiger partial charge is 0.251 e. The molecule has 0 atom stereocenters. The number of nitrogens with zero attached hydrogens (tertiary/aromatic N) is 2. The monoisotopic (exact) mass is 383 g/mol. The molecule has 0 bridgehead atoms. The molecule has 0 fully saturated rings. The molecule has 0 aliphatic rings. The number of rotatable bonds is 6. The van der Waals surface area contributed by atoms with Crippen LogP contribution in [0.3, 0.4) is 0 Å². The van der Waals surface area contributed by atoms with Crippen LogP contribution in [-0.2, 0) is 20.2 Å². The Balaban J connectivity index is 1.57. The Hall–Kier alpha value is -2.79. The van der Waals surface area contributed by atoms with E-state index >= 15 is 0 Å². The first-order valence-corrected chi connectivity index (χ1v) is 9.05. The SMILES string of the molecule is Cc1cc(OCc2ccc(C(=O)NCc3ccnn3C)cc2)cc(C)c1Cl. The van der Waals surface area contributed by atoms with E-state index in [1.54, 1.807) is 23.0 Å². The lowest BCUT2D eigenvalue weighted by atomic mass is 10.1. The zero-order valence-electron chi connectivity index (χ0n) is 15.6. The molecule has 2 aromatic carbocycles. The van der Waals surface area contributed by atoms with Crippen LogP contribution in [0.2, 0.25) is 5.02 Å². The van der Waals surface area contributed by atoms with Crippen LogP contribution >= 0.6 is 11.6 Å². The molecule has 1 heterocycles. The molecule has 3 rings (SSSR count). The summed E-state index contributed by atoms with van der Waals surface area (Å²) in [5.41, 5.74) is 4.53. The van der Waals surface area contributed by atoms with Crippen molar-refractivity contribution < 1.29 is 9.53 Å². The molecule has 3 aromatic rings. The molecule has 0 radical (unpaired) electrons. The Morgan fingerprint density at radius 2 is 1.81 bits per heavy atom. The van der Waals surface area contributed by atoms with Gasteiger partial charge in [-0.3, -0.25) is 9.48 Å². The predicted octanol–water partition coefficient (Wildman–Crippen LogP) is 4.20. The summed E-state index contributed by atoms with van der Waals surface area (Å²) in [6.45, 7) is 4.79. The summed E-state index contributed by atoms with van der Waals surface area (Å²) in [4.78, 5) is 12.3. The third-order valence-corrected chi connectivity index (χ3v) is 4.98. The summed E-state index contributed by atoms with van der Waals surface area (Å²) >= 11 is 6.18. The number of hydrogen-bond donors (Lipinski definition) is 1. The van der Waals surface area contributed by atoms with E-state index in [0.717, 1.165) is 33.2 Å². The van der Waals surface area contributed by atoms with Crippen molar-refractivity contribution in [3.63, 3.8) is 0 Å². The maximum Gasteiger partial charge on any atom is 0.251 e. The molecule has 1 N–H and O–H groups in total. The van der Waals surface area contributed by atoms with Gasteiger partial charge in [-0.1, -0.05) is 23.7 Å². The van der Waals surface area contributed by atoms with Crippen molar-refractivity contribution in [2.75, 3.05) is 0 Å². The number of aryl methyl sites for hydroxylation is 3. The first-order valence-electron chi connectivity index (χ1n) is 8.67. The van der Waals surface area contributed by atoms with Crippen molar-refractivity contribution in [2.24, 2.45) is 7.05 Å². The summed E-state index contributed by atoms with van der Waals surface area (Å²) in [5.74, 6) is 0.667. The highest BCUT2D eigenvalue weighted by atomic mass is 35.5. The zero-order valence-corrected chi connectivity index (χ0v) is 16.4. The van der Waals surface area contributed by atoms with Gasteiger partial charge in [-0.15, -0.1) is 0 Å². The molecule has 6 heteroatoms. The second-order valence-electron chi connectivity index (χ2n) is 6.49. The lowest BCUT2D eigenvalue weighted by molar-refractivity contribution is 0.0950. The van der Waals surface area contributed by atoms with Crippen LogP contribution in [0.25, 0.3) is 0 Å². The standard InChI is InChI=1S/C21H22ClN3O2/c1-14-10-19(11-15(2)20(14)22)27-13-16-4-6-17(7-5-16)21(26)23-12-18-8-9-24-25(18)3/h4-11H,12-13H2,1-3H3,(H,23,26). The minimum absolute atomic E-state index is 0.118. The van der Waals surface area contributed by atoms with Crippen LogP contribution in [0.15, 0.2) is 48.7 Å². The van der Waals surface area contributed by atoms with Crippen LogP contribution in [0.1, 0.15) is 32.7 Å². The van der Waals surface area contributed by atoms with Gasteiger partial charge in [0.15, 0.2) is 0 Å². The average Bonchev–Trinajstić information content (AvgIpc) is 3.07. The Morgan fingerprint density at radius 3 is 2.41 bits per heavy atom. The van der Waals surface area contributed by atoms with Crippen LogP contribution in [0.4, 0.5) is 0 Å². The molecule has 1 aromatic heterocycles. The number of halogens is 1. The van der Waals surface area contributed by atoms with Crippen LogP contribution < -0.4 is 10.1 Å². The predicted molar refractivity (Wildman–Crippen MR) is 106 cm³/mol. The fourth-order valence-electron chi connectivity index (χ4n) is 2.76. The Labute approximate surface area is 163 Å². The molecule has 0 unspecified atom stereocenters. The van der Waals surface area contributed by atoms with E-state index in [2.05, 4.69) is 10.4 Å². The lowest BCUT2D eigenvalue weighted by Crippen LogP contribution is -2.24.